The van der Waals surface area contributed by atoms with Crippen molar-refractivity contribution in [2.45, 2.75) is 37.6 Å². The highest BCUT2D eigenvalue weighted by atomic mass is 32.2. The van der Waals surface area contributed by atoms with Crippen molar-refractivity contribution in [1.82, 2.24) is 15.3 Å². The van der Waals surface area contributed by atoms with Gasteiger partial charge in [0.15, 0.2) is 5.16 Å². The quantitative estimate of drug-likeness (QED) is 0.456. The third kappa shape index (κ3) is 5.69. The molecule has 1 atom stereocenters. The van der Waals surface area contributed by atoms with Gasteiger partial charge in [0.25, 0.3) is 0 Å². The van der Waals surface area contributed by atoms with Gasteiger partial charge in [-0.15, -0.1) is 0 Å². The molecule has 9 heteroatoms. The number of carbonyl (C=O) groups excluding carboxylic acids is 1. The second-order valence-corrected chi connectivity index (χ2v) is 6.53. The molecule has 1 aromatic heterocycles. The van der Waals surface area contributed by atoms with Gasteiger partial charge in [0.1, 0.15) is 11.5 Å². The Morgan fingerprint density at radius 3 is 2.46 bits per heavy atom. The van der Waals surface area contributed by atoms with Gasteiger partial charge in [-0.25, -0.2) is 14.4 Å². The molecule has 0 saturated heterocycles. The first kappa shape index (κ1) is 20.2. The molecule has 0 unspecified atom stereocenters. The van der Waals surface area contributed by atoms with Crippen LogP contribution >= 0.6 is 11.8 Å². The molecule has 140 valence electrons. The third-order valence-electron chi connectivity index (χ3n) is 3.49. The average molecular weight is 387 g/mol. The Bertz CT molecular complexity index is 766. The Labute approximate surface area is 152 Å². The van der Waals surface area contributed by atoms with Crippen molar-refractivity contribution in [1.29, 1.82) is 0 Å². The number of amides is 1. The average Bonchev–Trinajstić information content (AvgIpc) is 2.59. The summed E-state index contributed by atoms with van der Waals surface area (Å²) >= 11 is 0.815. The minimum Gasteiger partial charge on any atom is -0.353 e. The normalized spacial score (nSPS) is 12.7. The molecule has 0 fully saturated rings. The molecule has 0 saturated carbocycles. The largest absolute Gasteiger partial charge is 0.433 e. The Balaban J connectivity index is 2.26. The summed E-state index contributed by atoms with van der Waals surface area (Å²) in [6, 6.07) is 5.72. The number of halogens is 4. The molecule has 0 bridgehead atoms. The van der Waals surface area contributed by atoms with Gasteiger partial charge in [-0.05, 0) is 43.7 Å². The molecule has 0 aliphatic rings. The predicted octanol–water partition coefficient (Wildman–Crippen LogP) is 4.31. The molecule has 0 aliphatic heterocycles. The summed E-state index contributed by atoms with van der Waals surface area (Å²) < 4.78 is 52.3. The van der Waals surface area contributed by atoms with Crippen molar-refractivity contribution in [2.24, 2.45) is 0 Å². The molecular weight excluding hydrogens is 370 g/mol. The van der Waals surface area contributed by atoms with Gasteiger partial charge in [0.2, 0.25) is 5.91 Å². The van der Waals surface area contributed by atoms with Gasteiger partial charge in [0, 0.05) is 11.6 Å². The van der Waals surface area contributed by atoms with Crippen LogP contribution in [0.1, 0.15) is 26.0 Å². The van der Waals surface area contributed by atoms with E-state index in [2.05, 4.69) is 15.3 Å². The van der Waals surface area contributed by atoms with Gasteiger partial charge >= 0.3 is 6.18 Å². The first-order valence-corrected chi connectivity index (χ1v) is 8.82. The maximum atomic E-state index is 13.1. The number of thioether (sulfide) groups is 1. The Morgan fingerprint density at radius 1 is 1.23 bits per heavy atom. The van der Waals surface area contributed by atoms with E-state index in [4.69, 9.17) is 0 Å². The highest BCUT2D eigenvalue weighted by Crippen LogP contribution is 2.32. The fourth-order valence-electron chi connectivity index (χ4n) is 1.95. The number of carbonyl (C=O) groups is 1. The van der Waals surface area contributed by atoms with Crippen molar-refractivity contribution in [3.8, 4) is 11.3 Å². The van der Waals surface area contributed by atoms with Crippen molar-refractivity contribution in [3.05, 3.63) is 41.8 Å². The van der Waals surface area contributed by atoms with Crippen LogP contribution in [-0.2, 0) is 11.0 Å². The van der Waals surface area contributed by atoms with E-state index in [1.54, 1.807) is 0 Å². The number of rotatable bonds is 6. The van der Waals surface area contributed by atoms with Crippen LogP contribution in [0, 0.1) is 5.82 Å². The summed E-state index contributed by atoms with van der Waals surface area (Å²) in [4.78, 5) is 19.4. The smallest absolute Gasteiger partial charge is 0.353 e. The van der Waals surface area contributed by atoms with Crippen LogP contribution in [0.3, 0.4) is 0 Å². The number of hydrogen-bond acceptors (Lipinski definition) is 4. The standard InChI is InChI=1S/C17H17F4N3OS/c1-3-10(2)22-15(25)9-26-16-23-13(8-14(24-16)17(19,20)21)11-4-6-12(18)7-5-11/h4-8,10H,3,9H2,1-2H3,(H,22,25)/t10-/m0/s1. The van der Waals surface area contributed by atoms with E-state index in [1.165, 1.54) is 12.1 Å². The second-order valence-electron chi connectivity index (χ2n) is 5.59. The van der Waals surface area contributed by atoms with E-state index in [1.807, 2.05) is 13.8 Å². The van der Waals surface area contributed by atoms with E-state index in [0.29, 0.717) is 5.56 Å². The number of benzene rings is 1. The summed E-state index contributed by atoms with van der Waals surface area (Å²) in [7, 11) is 0. The molecule has 1 aromatic carbocycles. The lowest BCUT2D eigenvalue weighted by Crippen LogP contribution is -2.33. The van der Waals surface area contributed by atoms with Gasteiger partial charge in [-0.1, -0.05) is 18.7 Å². The summed E-state index contributed by atoms with van der Waals surface area (Å²) in [5.74, 6) is -0.919. The van der Waals surface area contributed by atoms with E-state index in [9.17, 15) is 22.4 Å². The van der Waals surface area contributed by atoms with E-state index >= 15 is 0 Å². The molecular formula is C17H17F4N3OS. The predicted molar refractivity (Wildman–Crippen MR) is 91.0 cm³/mol. The molecule has 1 N–H and O–H groups in total. The number of alkyl halides is 3. The van der Waals surface area contributed by atoms with Crippen LogP contribution in [0.2, 0.25) is 0 Å². The van der Waals surface area contributed by atoms with E-state index in [0.717, 1.165) is 36.4 Å². The number of aromatic nitrogens is 2. The lowest BCUT2D eigenvalue weighted by molar-refractivity contribution is -0.141. The fourth-order valence-corrected chi connectivity index (χ4v) is 2.62. The number of hydrogen-bond donors (Lipinski definition) is 1. The van der Waals surface area contributed by atoms with Gasteiger partial charge in [-0.3, -0.25) is 4.79 Å². The molecule has 26 heavy (non-hydrogen) atoms. The van der Waals surface area contributed by atoms with E-state index < -0.39 is 17.7 Å². The van der Waals surface area contributed by atoms with Crippen molar-refractivity contribution in [2.75, 3.05) is 5.75 Å². The SMILES string of the molecule is CC[C@H](C)NC(=O)CSc1nc(-c2ccc(F)cc2)cc(C(F)(F)F)n1. The summed E-state index contributed by atoms with van der Waals surface area (Å²) in [6.45, 7) is 3.74. The molecule has 0 radical (unpaired) electrons. The maximum Gasteiger partial charge on any atom is 0.433 e. The van der Waals surface area contributed by atoms with Gasteiger partial charge in [0.05, 0.1) is 11.4 Å². The topological polar surface area (TPSA) is 54.9 Å². The number of nitrogens with zero attached hydrogens (tertiary/aromatic N) is 2. The van der Waals surface area contributed by atoms with Crippen LogP contribution in [0.25, 0.3) is 11.3 Å². The second kappa shape index (κ2) is 8.48. The van der Waals surface area contributed by atoms with Gasteiger partial charge < -0.3 is 5.32 Å². The Kier molecular flexibility index (Phi) is 6.57. The molecule has 2 aromatic rings. The van der Waals surface area contributed by atoms with E-state index in [-0.39, 0.29) is 28.6 Å². The molecule has 1 heterocycles. The molecule has 0 spiro atoms. The van der Waals surface area contributed by atoms with Crippen LogP contribution in [0.15, 0.2) is 35.5 Å². The summed E-state index contributed by atoms with van der Waals surface area (Å²) in [5, 5.41) is 2.55. The lowest BCUT2D eigenvalue weighted by Gasteiger charge is -2.12. The molecule has 2 rings (SSSR count). The minimum absolute atomic E-state index is 0.0113. The van der Waals surface area contributed by atoms with Crippen LogP contribution < -0.4 is 5.32 Å². The molecule has 0 aliphatic carbocycles. The van der Waals surface area contributed by atoms with Crippen LogP contribution in [0.4, 0.5) is 17.6 Å². The molecule has 1 amide bonds. The highest BCUT2D eigenvalue weighted by molar-refractivity contribution is 7.99. The lowest BCUT2D eigenvalue weighted by atomic mass is 10.1. The fraction of sp³-hybridized carbons (Fsp3) is 0.353. The number of nitrogens with one attached hydrogen (secondary N) is 1. The zero-order chi connectivity index (χ0) is 19.3. The van der Waals surface area contributed by atoms with Crippen LogP contribution in [0.5, 0.6) is 0 Å². The van der Waals surface area contributed by atoms with Crippen molar-refractivity contribution in [3.63, 3.8) is 0 Å². The van der Waals surface area contributed by atoms with Gasteiger partial charge in [-0.2, -0.15) is 13.2 Å². The Morgan fingerprint density at radius 2 is 1.88 bits per heavy atom. The zero-order valence-electron chi connectivity index (χ0n) is 14.1. The summed E-state index contributed by atoms with van der Waals surface area (Å²) in [5.41, 5.74) is -0.779. The monoisotopic (exact) mass is 387 g/mol. The molecule has 4 nitrogen and oxygen atoms in total. The van der Waals surface area contributed by atoms with Crippen LogP contribution in [-0.4, -0.2) is 27.7 Å². The minimum atomic E-state index is -4.66. The highest BCUT2D eigenvalue weighted by Gasteiger charge is 2.34. The maximum absolute atomic E-state index is 13.1. The van der Waals surface area contributed by atoms with Crippen molar-refractivity contribution < 1.29 is 22.4 Å². The third-order valence-corrected chi connectivity index (χ3v) is 4.34. The zero-order valence-corrected chi connectivity index (χ0v) is 14.9. The Hall–Kier alpha value is -2.16. The van der Waals surface area contributed by atoms with Crippen molar-refractivity contribution >= 4 is 17.7 Å². The summed E-state index contributed by atoms with van der Waals surface area (Å²) in [6.07, 6.45) is -3.92. The first-order valence-electron chi connectivity index (χ1n) is 7.83. The first-order chi connectivity index (χ1) is 12.2.